The van der Waals surface area contributed by atoms with Crippen LogP contribution in [0.2, 0.25) is 0 Å². The summed E-state index contributed by atoms with van der Waals surface area (Å²) in [6, 6.07) is 0. The normalized spacial score (nSPS) is 23.7. The molecular formula is C22H36O5. The van der Waals surface area contributed by atoms with Gasteiger partial charge in [-0.15, -0.1) is 0 Å². The maximum atomic E-state index is 10.9. The highest BCUT2D eigenvalue weighted by molar-refractivity contribution is 5.66. The van der Waals surface area contributed by atoms with Gasteiger partial charge in [0.1, 0.15) is 12.7 Å². The Hall–Kier alpha value is -1.43. The summed E-state index contributed by atoms with van der Waals surface area (Å²) >= 11 is 0. The molecule has 0 amide bonds. The predicted molar refractivity (Wildman–Crippen MR) is 107 cm³/mol. The standard InChI is InChI=1S/C22H36O5/c1-16(2)8-7-12-22(5)21(27-22)20(25)14-17(3)9-6-10-19(11-13-23)15-26-18(4)24/h8-9,11,20-21,23,25H,6-7,10,12-15H2,1-5H3. The highest BCUT2D eigenvalue weighted by Crippen LogP contribution is 2.43. The number of carbonyl (C=O) groups is 1. The average molecular weight is 381 g/mol. The summed E-state index contributed by atoms with van der Waals surface area (Å²) in [4.78, 5) is 10.9. The molecule has 0 aromatic rings. The summed E-state index contributed by atoms with van der Waals surface area (Å²) in [5.74, 6) is -0.328. The molecule has 0 aromatic heterocycles. The van der Waals surface area contributed by atoms with Crippen LogP contribution in [0.25, 0.3) is 0 Å². The number of rotatable bonds is 12. The lowest BCUT2D eigenvalue weighted by atomic mass is 9.94. The van der Waals surface area contributed by atoms with Crippen LogP contribution in [0, 0.1) is 0 Å². The Morgan fingerprint density at radius 3 is 2.48 bits per heavy atom. The lowest BCUT2D eigenvalue weighted by molar-refractivity contribution is -0.140. The maximum Gasteiger partial charge on any atom is 0.302 e. The fourth-order valence-corrected chi connectivity index (χ4v) is 3.17. The van der Waals surface area contributed by atoms with Crippen LogP contribution in [0.1, 0.15) is 66.7 Å². The van der Waals surface area contributed by atoms with Gasteiger partial charge in [0.25, 0.3) is 0 Å². The minimum atomic E-state index is -0.494. The van der Waals surface area contributed by atoms with Crippen molar-refractivity contribution in [1.29, 1.82) is 0 Å². The summed E-state index contributed by atoms with van der Waals surface area (Å²) in [6.45, 7) is 9.77. The molecule has 5 heteroatoms. The molecule has 0 bridgehead atoms. The van der Waals surface area contributed by atoms with Gasteiger partial charge < -0.3 is 19.7 Å². The summed E-state index contributed by atoms with van der Waals surface area (Å²) in [5.41, 5.74) is 3.10. The Kier molecular flexibility index (Phi) is 9.99. The van der Waals surface area contributed by atoms with Crippen molar-refractivity contribution >= 4 is 5.97 Å². The Morgan fingerprint density at radius 2 is 1.89 bits per heavy atom. The SMILES string of the molecule is CC(=O)OCC(=CCO)CCC=C(C)CC(O)C1OC1(C)CCC=C(C)C. The van der Waals surface area contributed by atoms with E-state index in [0.29, 0.717) is 12.8 Å². The molecular weight excluding hydrogens is 344 g/mol. The van der Waals surface area contributed by atoms with Crippen LogP contribution in [0.4, 0.5) is 0 Å². The van der Waals surface area contributed by atoms with Gasteiger partial charge in [0.2, 0.25) is 0 Å². The molecule has 1 rings (SSSR count). The van der Waals surface area contributed by atoms with Crippen molar-refractivity contribution in [1.82, 2.24) is 0 Å². The summed E-state index contributed by atoms with van der Waals surface area (Å²) in [5, 5.41) is 19.5. The van der Waals surface area contributed by atoms with E-state index in [1.165, 1.54) is 12.5 Å². The molecule has 27 heavy (non-hydrogen) atoms. The number of ether oxygens (including phenoxy) is 2. The summed E-state index contributed by atoms with van der Waals surface area (Å²) < 4.78 is 10.8. The van der Waals surface area contributed by atoms with Crippen LogP contribution in [0.15, 0.2) is 34.9 Å². The van der Waals surface area contributed by atoms with Crippen LogP contribution in [-0.2, 0) is 14.3 Å². The fraction of sp³-hybridized carbons (Fsp3) is 0.682. The van der Waals surface area contributed by atoms with Crippen molar-refractivity contribution < 1.29 is 24.5 Å². The minimum absolute atomic E-state index is 0.0671. The van der Waals surface area contributed by atoms with Gasteiger partial charge in [-0.05, 0) is 65.4 Å². The van der Waals surface area contributed by atoms with Gasteiger partial charge >= 0.3 is 5.97 Å². The van der Waals surface area contributed by atoms with Crippen molar-refractivity contribution in [2.75, 3.05) is 13.2 Å². The van der Waals surface area contributed by atoms with E-state index in [-0.39, 0.29) is 30.9 Å². The Bertz CT molecular complexity index is 571. The molecule has 3 unspecified atom stereocenters. The van der Waals surface area contributed by atoms with Crippen LogP contribution in [0.3, 0.4) is 0 Å². The number of carbonyl (C=O) groups excluding carboxylic acids is 1. The average Bonchev–Trinajstić information content (AvgIpc) is 3.24. The zero-order valence-electron chi connectivity index (χ0n) is 17.5. The predicted octanol–water partition coefficient (Wildman–Crippen LogP) is 3.85. The first kappa shape index (κ1) is 23.6. The zero-order valence-corrected chi connectivity index (χ0v) is 17.5. The topological polar surface area (TPSA) is 79.3 Å². The molecule has 1 heterocycles. The molecule has 5 nitrogen and oxygen atoms in total. The molecule has 0 aromatic carbocycles. The number of hydrogen-bond donors (Lipinski definition) is 2. The Balaban J connectivity index is 2.40. The van der Waals surface area contributed by atoms with Crippen molar-refractivity contribution in [2.24, 2.45) is 0 Å². The van der Waals surface area contributed by atoms with E-state index >= 15 is 0 Å². The lowest BCUT2D eigenvalue weighted by Gasteiger charge is -2.11. The molecule has 3 atom stereocenters. The van der Waals surface area contributed by atoms with Gasteiger partial charge in [-0.2, -0.15) is 0 Å². The highest BCUT2D eigenvalue weighted by atomic mass is 16.6. The molecule has 2 N–H and O–H groups in total. The second kappa shape index (κ2) is 11.4. The van der Waals surface area contributed by atoms with Gasteiger partial charge in [0.05, 0.1) is 18.3 Å². The molecule has 1 aliphatic rings. The molecule has 0 saturated carbocycles. The molecule has 0 radical (unpaired) electrons. The number of esters is 1. The van der Waals surface area contributed by atoms with Gasteiger partial charge in [-0.3, -0.25) is 4.79 Å². The molecule has 1 aliphatic heterocycles. The van der Waals surface area contributed by atoms with E-state index in [1.807, 2.05) is 6.92 Å². The van der Waals surface area contributed by atoms with E-state index in [2.05, 4.69) is 32.9 Å². The fourth-order valence-electron chi connectivity index (χ4n) is 3.17. The van der Waals surface area contributed by atoms with Crippen molar-refractivity contribution in [3.8, 4) is 0 Å². The summed E-state index contributed by atoms with van der Waals surface area (Å²) in [7, 11) is 0. The van der Waals surface area contributed by atoms with Gasteiger partial charge in [-0.25, -0.2) is 0 Å². The van der Waals surface area contributed by atoms with Crippen molar-refractivity contribution in [3.63, 3.8) is 0 Å². The molecule has 1 fully saturated rings. The van der Waals surface area contributed by atoms with E-state index in [4.69, 9.17) is 14.6 Å². The smallest absolute Gasteiger partial charge is 0.302 e. The van der Waals surface area contributed by atoms with Crippen LogP contribution < -0.4 is 0 Å². The van der Waals surface area contributed by atoms with E-state index in [9.17, 15) is 9.90 Å². The van der Waals surface area contributed by atoms with Gasteiger partial charge in [0.15, 0.2) is 0 Å². The second-order valence-corrected chi connectivity index (χ2v) is 7.86. The third-order valence-corrected chi connectivity index (χ3v) is 4.81. The lowest BCUT2D eigenvalue weighted by Crippen LogP contribution is -2.22. The number of hydrogen-bond acceptors (Lipinski definition) is 5. The third-order valence-electron chi connectivity index (χ3n) is 4.81. The monoisotopic (exact) mass is 380 g/mol. The maximum absolute atomic E-state index is 10.9. The first-order valence-corrected chi connectivity index (χ1v) is 9.75. The first-order valence-electron chi connectivity index (χ1n) is 9.75. The van der Waals surface area contributed by atoms with E-state index < -0.39 is 6.10 Å². The Morgan fingerprint density at radius 1 is 1.19 bits per heavy atom. The van der Waals surface area contributed by atoms with E-state index in [0.717, 1.165) is 30.4 Å². The number of allylic oxidation sites excluding steroid dienone is 3. The number of aliphatic hydroxyl groups excluding tert-OH is 2. The van der Waals surface area contributed by atoms with Crippen LogP contribution in [0.5, 0.6) is 0 Å². The number of aliphatic hydroxyl groups is 2. The zero-order chi connectivity index (χ0) is 20.4. The van der Waals surface area contributed by atoms with Crippen LogP contribution >= 0.6 is 0 Å². The second-order valence-electron chi connectivity index (χ2n) is 7.86. The van der Waals surface area contributed by atoms with Crippen molar-refractivity contribution in [2.45, 2.75) is 84.5 Å². The minimum Gasteiger partial charge on any atom is -0.461 e. The Labute approximate surface area is 163 Å². The van der Waals surface area contributed by atoms with E-state index in [1.54, 1.807) is 6.08 Å². The molecule has 1 saturated heterocycles. The quantitative estimate of drug-likeness (QED) is 0.305. The van der Waals surface area contributed by atoms with Gasteiger partial charge in [0, 0.05) is 6.92 Å². The van der Waals surface area contributed by atoms with Crippen molar-refractivity contribution in [3.05, 3.63) is 34.9 Å². The summed E-state index contributed by atoms with van der Waals surface area (Å²) in [6.07, 6.45) is 9.35. The molecule has 0 aliphatic carbocycles. The highest BCUT2D eigenvalue weighted by Gasteiger charge is 2.54. The largest absolute Gasteiger partial charge is 0.461 e. The molecule has 0 spiro atoms. The molecule has 154 valence electrons. The van der Waals surface area contributed by atoms with Crippen LogP contribution in [-0.4, -0.2) is 47.2 Å². The first-order chi connectivity index (χ1) is 12.7. The third kappa shape index (κ3) is 9.36. The number of epoxide rings is 1. The van der Waals surface area contributed by atoms with Gasteiger partial charge in [-0.1, -0.05) is 29.4 Å².